The standard InChI is InChI=1S/C8H9ClN2O/c1-3-12-6(2)7-8(9)11-5-4-10-7/h4-5H,2-3H2,1H3. The van der Waals surface area contributed by atoms with Crippen molar-refractivity contribution in [2.75, 3.05) is 6.61 Å². The molecule has 0 fully saturated rings. The summed E-state index contributed by atoms with van der Waals surface area (Å²) in [5.41, 5.74) is 0.501. The van der Waals surface area contributed by atoms with Crippen molar-refractivity contribution < 1.29 is 4.74 Å². The van der Waals surface area contributed by atoms with E-state index in [1.807, 2.05) is 6.92 Å². The van der Waals surface area contributed by atoms with Crippen LogP contribution in [0.3, 0.4) is 0 Å². The van der Waals surface area contributed by atoms with Gasteiger partial charge in [0.25, 0.3) is 0 Å². The Bertz CT molecular complexity index is 288. The SMILES string of the molecule is C=C(OCC)c1nccnc1Cl. The Hall–Kier alpha value is -1.09. The maximum Gasteiger partial charge on any atom is 0.158 e. The summed E-state index contributed by atoms with van der Waals surface area (Å²) in [5.74, 6) is 0.454. The van der Waals surface area contributed by atoms with Gasteiger partial charge in [-0.05, 0) is 6.92 Å². The number of hydrogen-bond acceptors (Lipinski definition) is 3. The first-order chi connectivity index (χ1) is 5.75. The molecule has 0 spiro atoms. The third kappa shape index (κ3) is 1.95. The van der Waals surface area contributed by atoms with E-state index in [1.165, 1.54) is 6.20 Å². The average molecular weight is 185 g/mol. The van der Waals surface area contributed by atoms with Crippen LogP contribution in [-0.4, -0.2) is 16.6 Å². The molecule has 0 atom stereocenters. The molecule has 1 aromatic heterocycles. The third-order valence-electron chi connectivity index (χ3n) is 1.24. The molecule has 0 radical (unpaired) electrons. The zero-order chi connectivity index (χ0) is 8.97. The lowest BCUT2D eigenvalue weighted by atomic mass is 10.4. The van der Waals surface area contributed by atoms with Crippen LogP contribution >= 0.6 is 11.6 Å². The van der Waals surface area contributed by atoms with Gasteiger partial charge in [-0.3, -0.25) is 0 Å². The van der Waals surface area contributed by atoms with Crippen molar-refractivity contribution in [3.63, 3.8) is 0 Å². The van der Waals surface area contributed by atoms with Crippen LogP contribution in [0.15, 0.2) is 19.0 Å². The van der Waals surface area contributed by atoms with Crippen molar-refractivity contribution in [3.05, 3.63) is 29.8 Å². The maximum atomic E-state index is 5.74. The van der Waals surface area contributed by atoms with E-state index < -0.39 is 0 Å². The number of aromatic nitrogens is 2. The van der Waals surface area contributed by atoms with E-state index in [-0.39, 0.29) is 0 Å². The topological polar surface area (TPSA) is 35.0 Å². The lowest BCUT2D eigenvalue weighted by Gasteiger charge is -2.05. The molecule has 12 heavy (non-hydrogen) atoms. The number of hydrogen-bond donors (Lipinski definition) is 0. The van der Waals surface area contributed by atoms with Gasteiger partial charge in [-0.1, -0.05) is 18.2 Å². The van der Waals surface area contributed by atoms with Crippen LogP contribution in [0.2, 0.25) is 5.15 Å². The van der Waals surface area contributed by atoms with Crippen molar-refractivity contribution in [2.45, 2.75) is 6.92 Å². The van der Waals surface area contributed by atoms with Crippen LogP contribution in [0.5, 0.6) is 0 Å². The van der Waals surface area contributed by atoms with Gasteiger partial charge in [-0.2, -0.15) is 0 Å². The Morgan fingerprint density at radius 2 is 2.25 bits per heavy atom. The molecule has 0 unspecified atom stereocenters. The summed E-state index contributed by atoms with van der Waals surface area (Å²) in [6.45, 7) is 6.08. The van der Waals surface area contributed by atoms with E-state index in [9.17, 15) is 0 Å². The highest BCUT2D eigenvalue weighted by Crippen LogP contribution is 2.17. The summed E-state index contributed by atoms with van der Waals surface area (Å²) in [7, 11) is 0. The van der Waals surface area contributed by atoms with E-state index >= 15 is 0 Å². The lowest BCUT2D eigenvalue weighted by molar-refractivity contribution is 0.297. The van der Waals surface area contributed by atoms with Gasteiger partial charge in [0, 0.05) is 12.4 Å². The van der Waals surface area contributed by atoms with Gasteiger partial charge in [0.2, 0.25) is 0 Å². The second kappa shape index (κ2) is 4.07. The van der Waals surface area contributed by atoms with Crippen LogP contribution in [0, 0.1) is 0 Å². The molecule has 0 aliphatic carbocycles. The molecular weight excluding hydrogens is 176 g/mol. The van der Waals surface area contributed by atoms with Crippen LogP contribution < -0.4 is 0 Å². The summed E-state index contributed by atoms with van der Waals surface area (Å²) in [5, 5.41) is 0.316. The molecule has 1 rings (SSSR count). The highest BCUT2D eigenvalue weighted by Gasteiger charge is 2.06. The Kier molecular flexibility index (Phi) is 3.05. The van der Waals surface area contributed by atoms with E-state index in [2.05, 4.69) is 16.5 Å². The fourth-order valence-corrected chi connectivity index (χ4v) is 0.961. The molecule has 1 heterocycles. The summed E-state index contributed by atoms with van der Waals surface area (Å²) in [6.07, 6.45) is 3.07. The lowest BCUT2D eigenvalue weighted by Crippen LogP contribution is -1.95. The van der Waals surface area contributed by atoms with E-state index in [4.69, 9.17) is 16.3 Å². The predicted octanol–water partition coefficient (Wildman–Crippen LogP) is 2.14. The smallest absolute Gasteiger partial charge is 0.158 e. The molecule has 1 aromatic rings. The minimum absolute atomic E-state index is 0.316. The molecule has 0 saturated heterocycles. The maximum absolute atomic E-state index is 5.74. The van der Waals surface area contributed by atoms with Crippen molar-refractivity contribution in [2.24, 2.45) is 0 Å². The highest BCUT2D eigenvalue weighted by molar-refractivity contribution is 6.30. The number of ether oxygens (including phenoxy) is 1. The zero-order valence-electron chi connectivity index (χ0n) is 6.75. The molecule has 0 bridgehead atoms. The molecule has 0 aromatic carbocycles. The number of halogens is 1. The second-order valence-electron chi connectivity index (χ2n) is 2.05. The Balaban J connectivity index is 2.87. The van der Waals surface area contributed by atoms with Crippen molar-refractivity contribution >= 4 is 17.4 Å². The Morgan fingerprint density at radius 1 is 1.58 bits per heavy atom. The monoisotopic (exact) mass is 184 g/mol. The van der Waals surface area contributed by atoms with Gasteiger partial charge in [-0.15, -0.1) is 0 Å². The van der Waals surface area contributed by atoms with Crippen molar-refractivity contribution in [1.29, 1.82) is 0 Å². The second-order valence-corrected chi connectivity index (χ2v) is 2.41. The van der Waals surface area contributed by atoms with Gasteiger partial charge in [0.1, 0.15) is 11.5 Å². The first-order valence-electron chi connectivity index (χ1n) is 3.54. The minimum Gasteiger partial charge on any atom is -0.492 e. The molecule has 64 valence electrons. The molecule has 0 aliphatic rings. The summed E-state index contributed by atoms with van der Waals surface area (Å²) >= 11 is 5.74. The van der Waals surface area contributed by atoms with Gasteiger partial charge in [0.15, 0.2) is 5.15 Å². The molecule has 0 aliphatic heterocycles. The van der Waals surface area contributed by atoms with Crippen molar-refractivity contribution in [3.8, 4) is 0 Å². The fourth-order valence-electron chi connectivity index (χ4n) is 0.751. The normalized spacial score (nSPS) is 9.50. The van der Waals surface area contributed by atoms with Crippen LogP contribution in [0.25, 0.3) is 5.76 Å². The van der Waals surface area contributed by atoms with Gasteiger partial charge < -0.3 is 4.74 Å². The van der Waals surface area contributed by atoms with Gasteiger partial charge in [-0.25, -0.2) is 9.97 Å². The minimum atomic E-state index is 0.316. The van der Waals surface area contributed by atoms with Gasteiger partial charge in [0.05, 0.1) is 6.61 Å². The summed E-state index contributed by atoms with van der Waals surface area (Å²) in [4.78, 5) is 7.82. The Labute approximate surface area is 76.1 Å². The van der Waals surface area contributed by atoms with E-state index in [0.29, 0.717) is 23.2 Å². The fraction of sp³-hybridized carbons (Fsp3) is 0.250. The molecular formula is C8H9ClN2O. The van der Waals surface area contributed by atoms with E-state index in [1.54, 1.807) is 6.20 Å². The largest absolute Gasteiger partial charge is 0.492 e. The van der Waals surface area contributed by atoms with Crippen LogP contribution in [-0.2, 0) is 4.74 Å². The number of rotatable bonds is 3. The molecule has 0 N–H and O–H groups in total. The van der Waals surface area contributed by atoms with Crippen LogP contribution in [0.4, 0.5) is 0 Å². The van der Waals surface area contributed by atoms with Crippen molar-refractivity contribution in [1.82, 2.24) is 9.97 Å². The van der Waals surface area contributed by atoms with E-state index in [0.717, 1.165) is 0 Å². The molecule has 0 amide bonds. The summed E-state index contributed by atoms with van der Waals surface area (Å²) < 4.78 is 5.13. The first-order valence-corrected chi connectivity index (χ1v) is 3.92. The molecule has 3 nitrogen and oxygen atoms in total. The molecule has 0 saturated carbocycles. The quantitative estimate of drug-likeness (QED) is 0.676. The van der Waals surface area contributed by atoms with Crippen LogP contribution in [0.1, 0.15) is 12.6 Å². The average Bonchev–Trinajstić information content (AvgIpc) is 2.05. The molecule has 4 heteroatoms. The predicted molar refractivity (Wildman–Crippen MR) is 47.7 cm³/mol. The first kappa shape index (κ1) is 9.00. The third-order valence-corrected chi connectivity index (χ3v) is 1.51. The highest BCUT2D eigenvalue weighted by atomic mass is 35.5. The number of nitrogens with zero attached hydrogens (tertiary/aromatic N) is 2. The zero-order valence-corrected chi connectivity index (χ0v) is 7.51. The van der Waals surface area contributed by atoms with Gasteiger partial charge >= 0.3 is 0 Å². The summed E-state index contributed by atoms with van der Waals surface area (Å²) in [6, 6.07) is 0. The Morgan fingerprint density at radius 3 is 2.83 bits per heavy atom.